The number of hydrogen-bond acceptors (Lipinski definition) is 0. The zero-order chi connectivity index (χ0) is 8.27. The molecule has 1 aliphatic rings. The van der Waals surface area contributed by atoms with E-state index in [1.807, 2.05) is 0 Å². The molecule has 0 aromatic carbocycles. The number of rotatable bonds is 3. The highest BCUT2D eigenvalue weighted by Crippen LogP contribution is 2.25. The van der Waals surface area contributed by atoms with Crippen molar-refractivity contribution in [2.24, 2.45) is 11.8 Å². The first-order valence-corrected chi connectivity index (χ1v) is 4.67. The van der Waals surface area contributed by atoms with Crippen molar-refractivity contribution in [1.29, 1.82) is 0 Å². The van der Waals surface area contributed by atoms with Crippen molar-refractivity contribution in [2.45, 2.75) is 33.6 Å². The number of allylic oxidation sites excluding steroid dienone is 4. The van der Waals surface area contributed by atoms with E-state index >= 15 is 0 Å². The van der Waals surface area contributed by atoms with Gasteiger partial charge in [0.1, 0.15) is 0 Å². The van der Waals surface area contributed by atoms with Crippen molar-refractivity contribution in [3.05, 3.63) is 23.8 Å². The fraction of sp³-hybridized carbons (Fsp3) is 0.636. The minimum Gasteiger partial charge on any atom is -0.0773 e. The van der Waals surface area contributed by atoms with E-state index in [-0.39, 0.29) is 0 Å². The molecule has 0 heterocycles. The average molecular weight is 150 g/mol. The van der Waals surface area contributed by atoms with Gasteiger partial charge in [-0.05, 0) is 30.3 Å². The maximum absolute atomic E-state index is 2.41. The SMILES string of the molecule is CCC1C=CC(C(C)CC)=C1. The lowest BCUT2D eigenvalue weighted by atomic mass is 9.99. The molecule has 0 amide bonds. The fourth-order valence-corrected chi connectivity index (χ4v) is 1.41. The summed E-state index contributed by atoms with van der Waals surface area (Å²) >= 11 is 0. The van der Waals surface area contributed by atoms with Crippen LogP contribution >= 0.6 is 0 Å². The van der Waals surface area contributed by atoms with E-state index in [9.17, 15) is 0 Å². The molecule has 62 valence electrons. The van der Waals surface area contributed by atoms with Crippen LogP contribution < -0.4 is 0 Å². The molecule has 0 saturated carbocycles. The molecular weight excluding hydrogens is 132 g/mol. The number of hydrogen-bond donors (Lipinski definition) is 0. The first kappa shape index (κ1) is 8.58. The van der Waals surface area contributed by atoms with Gasteiger partial charge in [0.05, 0.1) is 0 Å². The zero-order valence-corrected chi connectivity index (χ0v) is 7.80. The molecule has 0 nitrogen and oxygen atoms in total. The van der Waals surface area contributed by atoms with E-state index in [2.05, 4.69) is 39.0 Å². The first-order valence-electron chi connectivity index (χ1n) is 4.67. The molecule has 0 bridgehead atoms. The van der Waals surface area contributed by atoms with Crippen LogP contribution in [0.5, 0.6) is 0 Å². The lowest BCUT2D eigenvalue weighted by molar-refractivity contribution is 0.665. The minimum absolute atomic E-state index is 0.721. The Balaban J connectivity index is 2.56. The molecule has 0 spiro atoms. The third-order valence-corrected chi connectivity index (χ3v) is 2.60. The standard InChI is InChI=1S/C11H18/c1-4-9(3)11-7-6-10(5-2)8-11/h6-10H,4-5H2,1-3H3. The van der Waals surface area contributed by atoms with Crippen molar-refractivity contribution in [3.63, 3.8) is 0 Å². The van der Waals surface area contributed by atoms with Crippen molar-refractivity contribution in [3.8, 4) is 0 Å². The van der Waals surface area contributed by atoms with Crippen molar-refractivity contribution >= 4 is 0 Å². The van der Waals surface area contributed by atoms with E-state index in [0.29, 0.717) is 0 Å². The summed E-state index contributed by atoms with van der Waals surface area (Å²) in [6.07, 6.45) is 9.53. The second kappa shape index (κ2) is 3.75. The van der Waals surface area contributed by atoms with Crippen LogP contribution in [0.4, 0.5) is 0 Å². The molecule has 1 rings (SSSR count). The van der Waals surface area contributed by atoms with Crippen LogP contribution in [0.25, 0.3) is 0 Å². The third kappa shape index (κ3) is 1.95. The predicted octanol–water partition coefficient (Wildman–Crippen LogP) is 3.55. The van der Waals surface area contributed by atoms with Gasteiger partial charge in [-0.15, -0.1) is 0 Å². The van der Waals surface area contributed by atoms with Crippen molar-refractivity contribution in [1.82, 2.24) is 0 Å². The Morgan fingerprint density at radius 1 is 1.45 bits per heavy atom. The smallest absolute Gasteiger partial charge is 0.00470 e. The molecule has 2 atom stereocenters. The third-order valence-electron chi connectivity index (χ3n) is 2.60. The first-order chi connectivity index (χ1) is 5.27. The molecule has 0 aromatic rings. The quantitative estimate of drug-likeness (QED) is 0.577. The molecule has 0 N–H and O–H groups in total. The maximum atomic E-state index is 2.41. The summed E-state index contributed by atoms with van der Waals surface area (Å²) in [6.45, 7) is 6.79. The summed E-state index contributed by atoms with van der Waals surface area (Å²) in [4.78, 5) is 0. The summed E-state index contributed by atoms with van der Waals surface area (Å²) in [5.74, 6) is 1.47. The molecule has 0 saturated heterocycles. The second-order valence-corrected chi connectivity index (χ2v) is 3.41. The summed E-state index contributed by atoms with van der Waals surface area (Å²) in [5, 5.41) is 0. The van der Waals surface area contributed by atoms with Crippen LogP contribution in [0, 0.1) is 11.8 Å². The molecule has 0 fully saturated rings. The van der Waals surface area contributed by atoms with Gasteiger partial charge in [0.15, 0.2) is 0 Å². The van der Waals surface area contributed by atoms with Gasteiger partial charge < -0.3 is 0 Å². The van der Waals surface area contributed by atoms with E-state index in [1.54, 1.807) is 5.57 Å². The summed E-state index contributed by atoms with van der Waals surface area (Å²) in [7, 11) is 0. The molecule has 2 unspecified atom stereocenters. The second-order valence-electron chi connectivity index (χ2n) is 3.41. The van der Waals surface area contributed by atoms with Gasteiger partial charge in [-0.25, -0.2) is 0 Å². The highest BCUT2D eigenvalue weighted by Gasteiger charge is 2.10. The van der Waals surface area contributed by atoms with E-state index in [0.717, 1.165) is 11.8 Å². The fourth-order valence-electron chi connectivity index (χ4n) is 1.41. The summed E-state index contributed by atoms with van der Waals surface area (Å²) < 4.78 is 0. The minimum atomic E-state index is 0.721. The molecule has 0 aromatic heterocycles. The molecule has 0 radical (unpaired) electrons. The Hall–Kier alpha value is -0.520. The Kier molecular flexibility index (Phi) is 2.92. The predicted molar refractivity (Wildman–Crippen MR) is 50.5 cm³/mol. The van der Waals surface area contributed by atoms with E-state index < -0.39 is 0 Å². The zero-order valence-electron chi connectivity index (χ0n) is 7.80. The van der Waals surface area contributed by atoms with Gasteiger partial charge in [0.25, 0.3) is 0 Å². The van der Waals surface area contributed by atoms with Crippen LogP contribution in [-0.2, 0) is 0 Å². The molecule has 0 heteroatoms. The highest BCUT2D eigenvalue weighted by atomic mass is 14.2. The molecular formula is C11H18. The van der Waals surface area contributed by atoms with Gasteiger partial charge in [-0.3, -0.25) is 0 Å². The van der Waals surface area contributed by atoms with Gasteiger partial charge in [-0.1, -0.05) is 39.0 Å². The van der Waals surface area contributed by atoms with E-state index in [1.165, 1.54) is 12.8 Å². The normalized spacial score (nSPS) is 25.4. The topological polar surface area (TPSA) is 0 Å². The average Bonchev–Trinajstić information content (AvgIpc) is 2.50. The van der Waals surface area contributed by atoms with E-state index in [4.69, 9.17) is 0 Å². The van der Waals surface area contributed by atoms with Crippen LogP contribution in [0.2, 0.25) is 0 Å². The highest BCUT2D eigenvalue weighted by molar-refractivity contribution is 5.30. The van der Waals surface area contributed by atoms with Crippen LogP contribution in [-0.4, -0.2) is 0 Å². The van der Waals surface area contributed by atoms with Gasteiger partial charge >= 0.3 is 0 Å². The lowest BCUT2D eigenvalue weighted by Crippen LogP contribution is -1.93. The van der Waals surface area contributed by atoms with Crippen LogP contribution in [0.1, 0.15) is 33.6 Å². The Morgan fingerprint density at radius 3 is 2.64 bits per heavy atom. The van der Waals surface area contributed by atoms with Crippen molar-refractivity contribution < 1.29 is 0 Å². The Morgan fingerprint density at radius 2 is 2.18 bits per heavy atom. The molecule has 0 aliphatic heterocycles. The van der Waals surface area contributed by atoms with Crippen LogP contribution in [0.15, 0.2) is 23.8 Å². The largest absolute Gasteiger partial charge is 0.0773 e. The summed E-state index contributed by atoms with van der Waals surface area (Å²) in [6, 6.07) is 0. The monoisotopic (exact) mass is 150 g/mol. The van der Waals surface area contributed by atoms with Gasteiger partial charge in [0, 0.05) is 0 Å². The molecule has 11 heavy (non-hydrogen) atoms. The summed E-state index contributed by atoms with van der Waals surface area (Å²) in [5.41, 5.74) is 1.54. The Labute approximate surface area is 70.0 Å². The van der Waals surface area contributed by atoms with Crippen LogP contribution in [0.3, 0.4) is 0 Å². The van der Waals surface area contributed by atoms with Crippen molar-refractivity contribution in [2.75, 3.05) is 0 Å². The maximum Gasteiger partial charge on any atom is -0.00470 e. The van der Waals surface area contributed by atoms with Gasteiger partial charge in [-0.2, -0.15) is 0 Å². The molecule has 1 aliphatic carbocycles. The lowest BCUT2D eigenvalue weighted by Gasteiger charge is -2.06. The Bertz CT molecular complexity index is 174. The van der Waals surface area contributed by atoms with Gasteiger partial charge in [0.2, 0.25) is 0 Å².